The SMILES string of the molecule is CC(C)c1ccccc1.CNCC(=O)NC(C(=O)N(C)C(/C=C(\C)C(=O)O)C(C)C)C(C)(C)C. The Balaban J connectivity index is 0.000000999. The molecule has 1 rings (SSSR count). The number of aliphatic carboxylic acids is 1. The van der Waals surface area contributed by atoms with Gasteiger partial charge in [-0.2, -0.15) is 0 Å². The van der Waals surface area contributed by atoms with Gasteiger partial charge in [-0.15, -0.1) is 0 Å². The second-order valence-electron chi connectivity index (χ2n) is 10.3. The maximum absolute atomic E-state index is 13.0. The number of hydrogen-bond acceptors (Lipinski definition) is 4. The van der Waals surface area contributed by atoms with Crippen molar-refractivity contribution in [3.05, 3.63) is 47.5 Å². The fraction of sp³-hybridized carbons (Fsp3) is 0.593. The standard InChI is InChI=1S/C18H33N3O4.C9H12/c1-11(2)13(9-12(3)17(24)25)21(8)16(23)15(18(4,5)6)20-14(22)10-19-7;1-8(2)9-6-4-3-5-7-9/h9,11,13,15,19H,10H2,1-8H3,(H,20,22)(H,24,25);3-8H,1-2H3/b12-9+;. The number of carboxylic acid groups (broad SMARTS) is 1. The third-order valence-electron chi connectivity index (χ3n) is 5.46. The van der Waals surface area contributed by atoms with Crippen LogP contribution in [0.1, 0.15) is 66.9 Å². The molecule has 0 radical (unpaired) electrons. The molecule has 1 aromatic rings. The number of hydrogen-bond donors (Lipinski definition) is 3. The van der Waals surface area contributed by atoms with Crippen molar-refractivity contribution in [1.82, 2.24) is 15.5 Å². The van der Waals surface area contributed by atoms with E-state index in [0.717, 1.165) is 0 Å². The van der Waals surface area contributed by atoms with Crippen LogP contribution in [0.4, 0.5) is 0 Å². The molecule has 0 saturated carbocycles. The van der Waals surface area contributed by atoms with Gasteiger partial charge in [0.15, 0.2) is 0 Å². The maximum atomic E-state index is 13.0. The summed E-state index contributed by atoms with van der Waals surface area (Å²) >= 11 is 0. The molecule has 0 spiro atoms. The van der Waals surface area contributed by atoms with Crippen LogP contribution in [0.5, 0.6) is 0 Å². The third-order valence-corrected chi connectivity index (χ3v) is 5.46. The van der Waals surface area contributed by atoms with E-state index < -0.39 is 17.4 Å². The first kappa shape index (κ1) is 31.3. The lowest BCUT2D eigenvalue weighted by molar-refractivity contribution is -0.140. The van der Waals surface area contributed by atoms with Crippen LogP contribution in [0.25, 0.3) is 0 Å². The van der Waals surface area contributed by atoms with Crippen LogP contribution in [0.3, 0.4) is 0 Å². The lowest BCUT2D eigenvalue weighted by atomic mass is 9.85. The van der Waals surface area contributed by atoms with Crippen LogP contribution in [-0.2, 0) is 14.4 Å². The topological polar surface area (TPSA) is 98.7 Å². The summed E-state index contributed by atoms with van der Waals surface area (Å²) in [5.74, 6) is -0.836. The second-order valence-corrected chi connectivity index (χ2v) is 10.3. The minimum absolute atomic E-state index is 0.0249. The number of amides is 2. The van der Waals surface area contributed by atoms with Gasteiger partial charge in [0.2, 0.25) is 11.8 Å². The molecule has 192 valence electrons. The van der Waals surface area contributed by atoms with Crippen molar-refractivity contribution in [3.63, 3.8) is 0 Å². The zero-order chi connectivity index (χ0) is 26.6. The molecule has 0 aliphatic rings. The first-order valence-electron chi connectivity index (χ1n) is 11.8. The molecule has 0 aromatic heterocycles. The van der Waals surface area contributed by atoms with Crippen LogP contribution >= 0.6 is 0 Å². The number of benzene rings is 1. The van der Waals surface area contributed by atoms with E-state index in [2.05, 4.69) is 48.7 Å². The number of carboxylic acids is 1. The number of rotatable bonds is 9. The van der Waals surface area contributed by atoms with Gasteiger partial charge in [0.05, 0.1) is 12.6 Å². The summed E-state index contributed by atoms with van der Waals surface area (Å²) in [6.45, 7) is 15.5. The van der Waals surface area contributed by atoms with Gasteiger partial charge in [0, 0.05) is 12.6 Å². The molecule has 2 amide bonds. The third kappa shape index (κ3) is 11.0. The summed E-state index contributed by atoms with van der Waals surface area (Å²) in [5, 5.41) is 14.7. The Labute approximate surface area is 206 Å². The van der Waals surface area contributed by atoms with Crippen molar-refractivity contribution < 1.29 is 19.5 Å². The molecule has 0 heterocycles. The van der Waals surface area contributed by atoms with Crippen LogP contribution in [0.15, 0.2) is 42.0 Å². The predicted molar refractivity (Wildman–Crippen MR) is 139 cm³/mol. The molecule has 0 fully saturated rings. The van der Waals surface area contributed by atoms with Crippen LogP contribution in [-0.4, -0.2) is 60.5 Å². The minimum Gasteiger partial charge on any atom is -0.478 e. The lowest BCUT2D eigenvalue weighted by Crippen LogP contribution is -2.57. The van der Waals surface area contributed by atoms with Crippen molar-refractivity contribution in [2.45, 2.75) is 73.4 Å². The Hall–Kier alpha value is -2.67. The van der Waals surface area contributed by atoms with E-state index in [9.17, 15) is 14.4 Å². The summed E-state index contributed by atoms with van der Waals surface area (Å²) in [5.41, 5.74) is 1.12. The van der Waals surface area contributed by atoms with Gasteiger partial charge in [-0.1, -0.05) is 84.9 Å². The number of nitrogens with one attached hydrogen (secondary N) is 2. The first-order valence-corrected chi connectivity index (χ1v) is 11.8. The molecular weight excluding hydrogens is 430 g/mol. The zero-order valence-electron chi connectivity index (χ0n) is 22.6. The van der Waals surface area contributed by atoms with Gasteiger partial charge < -0.3 is 20.6 Å². The van der Waals surface area contributed by atoms with E-state index in [1.54, 1.807) is 20.2 Å². The molecule has 2 unspecified atom stereocenters. The molecule has 7 nitrogen and oxygen atoms in total. The van der Waals surface area contributed by atoms with Crippen molar-refractivity contribution in [1.29, 1.82) is 0 Å². The largest absolute Gasteiger partial charge is 0.478 e. The average molecular weight is 476 g/mol. The molecule has 0 saturated heterocycles. The van der Waals surface area contributed by atoms with E-state index in [-0.39, 0.29) is 35.9 Å². The maximum Gasteiger partial charge on any atom is 0.331 e. The quantitative estimate of drug-likeness (QED) is 0.468. The van der Waals surface area contributed by atoms with Gasteiger partial charge in [0.25, 0.3) is 0 Å². The second kappa shape index (κ2) is 14.6. The summed E-state index contributed by atoms with van der Waals surface area (Å²) in [6, 6.07) is 9.43. The fourth-order valence-electron chi connectivity index (χ4n) is 3.29. The molecule has 2 atom stereocenters. The fourth-order valence-corrected chi connectivity index (χ4v) is 3.29. The zero-order valence-corrected chi connectivity index (χ0v) is 22.6. The highest BCUT2D eigenvalue weighted by Gasteiger charge is 2.36. The van der Waals surface area contributed by atoms with Gasteiger partial charge in [-0.25, -0.2) is 4.79 Å². The van der Waals surface area contributed by atoms with E-state index in [4.69, 9.17) is 5.11 Å². The summed E-state index contributed by atoms with van der Waals surface area (Å²) < 4.78 is 0. The number of carbonyl (C=O) groups excluding carboxylic acids is 2. The van der Waals surface area contributed by atoms with Gasteiger partial charge >= 0.3 is 5.97 Å². The average Bonchev–Trinajstić information content (AvgIpc) is 2.74. The Morgan fingerprint density at radius 2 is 1.59 bits per heavy atom. The minimum atomic E-state index is -1.01. The van der Waals surface area contributed by atoms with Crippen LogP contribution in [0, 0.1) is 11.3 Å². The van der Waals surface area contributed by atoms with E-state index in [1.807, 2.05) is 40.7 Å². The first-order chi connectivity index (χ1) is 15.6. The van der Waals surface area contributed by atoms with Crippen molar-refractivity contribution in [2.24, 2.45) is 11.3 Å². The molecule has 34 heavy (non-hydrogen) atoms. The van der Waals surface area contributed by atoms with E-state index in [1.165, 1.54) is 17.4 Å². The highest BCUT2D eigenvalue weighted by atomic mass is 16.4. The number of nitrogens with zero attached hydrogens (tertiary/aromatic N) is 1. The van der Waals surface area contributed by atoms with E-state index >= 15 is 0 Å². The number of likely N-dealkylation sites (N-methyl/N-ethyl adjacent to an activating group) is 2. The molecule has 0 bridgehead atoms. The smallest absolute Gasteiger partial charge is 0.331 e. The van der Waals surface area contributed by atoms with Gasteiger partial charge in [-0.05, 0) is 36.8 Å². The molecular formula is C27H45N3O4. The van der Waals surface area contributed by atoms with Gasteiger partial charge in [0.1, 0.15) is 6.04 Å². The molecule has 0 aliphatic heterocycles. The van der Waals surface area contributed by atoms with Crippen molar-refractivity contribution in [2.75, 3.05) is 20.6 Å². The lowest BCUT2D eigenvalue weighted by Gasteiger charge is -2.37. The molecule has 3 N–H and O–H groups in total. The van der Waals surface area contributed by atoms with Gasteiger partial charge in [-0.3, -0.25) is 9.59 Å². The molecule has 0 aliphatic carbocycles. The summed E-state index contributed by atoms with van der Waals surface area (Å²) in [7, 11) is 3.30. The number of carbonyl (C=O) groups is 3. The Kier molecular flexibility index (Phi) is 13.4. The van der Waals surface area contributed by atoms with Crippen LogP contribution in [0.2, 0.25) is 0 Å². The van der Waals surface area contributed by atoms with Crippen molar-refractivity contribution in [3.8, 4) is 0 Å². The van der Waals surface area contributed by atoms with E-state index in [0.29, 0.717) is 5.92 Å². The Morgan fingerprint density at radius 3 is 1.94 bits per heavy atom. The molecule has 7 heteroatoms. The normalized spacial score (nSPS) is 13.6. The predicted octanol–water partition coefficient (Wildman–Crippen LogP) is 4.06. The van der Waals surface area contributed by atoms with Crippen LogP contribution < -0.4 is 10.6 Å². The highest BCUT2D eigenvalue weighted by molar-refractivity contribution is 5.89. The summed E-state index contributed by atoms with van der Waals surface area (Å²) in [6.07, 6.45) is 1.58. The highest BCUT2D eigenvalue weighted by Crippen LogP contribution is 2.23. The Morgan fingerprint density at radius 1 is 1.06 bits per heavy atom. The molecule has 1 aromatic carbocycles. The summed E-state index contributed by atoms with van der Waals surface area (Å²) in [4.78, 5) is 37.7. The Bertz CT molecular complexity index is 811. The van der Waals surface area contributed by atoms with Crippen molar-refractivity contribution >= 4 is 17.8 Å². The monoisotopic (exact) mass is 475 g/mol.